The first kappa shape index (κ1) is 16.1. The van der Waals surface area contributed by atoms with E-state index in [-0.39, 0.29) is 6.23 Å². The smallest absolute Gasteiger partial charge is 0.207 e. The van der Waals surface area contributed by atoms with E-state index in [1.165, 1.54) is 0 Å². The molecule has 20 heavy (non-hydrogen) atoms. The molecule has 2 saturated heterocycles. The number of thioether (sulfide) groups is 1. The largest absolute Gasteiger partial charge is 0.467 e. The number of aliphatic hydroxyl groups is 1. The molecule has 0 aromatic rings. The van der Waals surface area contributed by atoms with Crippen LogP contribution in [0.4, 0.5) is 0 Å². The number of rotatable bonds is 8. The standard InChI is InChI=1S/C14H27N3O2S/c1-4-15-13-10(19-13)7-5-6-8-11(20-3)12-9(2)16-14(18)17-12/h7,9,11-18H,4-6,8H2,1-3H3/b10-7-/t9-,11-,12-,13+,14?/m0/s1. The Hall–Kier alpha value is -0.270. The zero-order valence-corrected chi connectivity index (χ0v) is 13.4. The average molecular weight is 301 g/mol. The summed E-state index contributed by atoms with van der Waals surface area (Å²) < 4.78 is 5.41. The van der Waals surface area contributed by atoms with Crippen molar-refractivity contribution in [2.24, 2.45) is 0 Å². The Bertz CT molecular complexity index is 340. The Morgan fingerprint density at radius 1 is 1.50 bits per heavy atom. The van der Waals surface area contributed by atoms with Gasteiger partial charge >= 0.3 is 0 Å². The summed E-state index contributed by atoms with van der Waals surface area (Å²) in [5.74, 6) is 1.09. The van der Waals surface area contributed by atoms with Crippen LogP contribution in [-0.2, 0) is 4.74 Å². The normalized spacial score (nSPS) is 36.1. The SMILES string of the molecule is CCN[C@@H]1O/C1=C\CCC[C@H](SC)[C@H]1NC(O)N[C@H]1C. The highest BCUT2D eigenvalue weighted by Crippen LogP contribution is 2.27. The van der Waals surface area contributed by atoms with Gasteiger partial charge in [-0.25, -0.2) is 0 Å². The summed E-state index contributed by atoms with van der Waals surface area (Å²) in [6, 6.07) is 0.644. The van der Waals surface area contributed by atoms with Crippen LogP contribution < -0.4 is 16.0 Å². The van der Waals surface area contributed by atoms with Crippen LogP contribution >= 0.6 is 11.8 Å². The van der Waals surface area contributed by atoms with Crippen LogP contribution in [0.25, 0.3) is 0 Å². The van der Waals surface area contributed by atoms with Gasteiger partial charge in [0.2, 0.25) is 6.23 Å². The summed E-state index contributed by atoms with van der Waals surface area (Å²) in [4.78, 5) is 0. The molecule has 0 saturated carbocycles. The van der Waals surface area contributed by atoms with E-state index in [0.29, 0.717) is 17.3 Å². The molecule has 4 N–H and O–H groups in total. The lowest BCUT2D eigenvalue weighted by Crippen LogP contribution is -2.41. The fraction of sp³-hybridized carbons (Fsp3) is 0.857. The van der Waals surface area contributed by atoms with Gasteiger partial charge in [-0.15, -0.1) is 0 Å². The molecular weight excluding hydrogens is 274 g/mol. The molecule has 0 bridgehead atoms. The number of hydrogen-bond donors (Lipinski definition) is 4. The first-order valence-electron chi connectivity index (χ1n) is 7.48. The van der Waals surface area contributed by atoms with E-state index >= 15 is 0 Å². The number of allylic oxidation sites excluding steroid dienone is 1. The second-order valence-electron chi connectivity index (χ2n) is 5.42. The Morgan fingerprint density at radius 3 is 2.90 bits per heavy atom. The highest BCUT2D eigenvalue weighted by Gasteiger charge is 2.34. The molecule has 2 fully saturated rings. The van der Waals surface area contributed by atoms with Gasteiger partial charge < -0.3 is 9.84 Å². The summed E-state index contributed by atoms with van der Waals surface area (Å²) in [6.45, 7) is 5.15. The van der Waals surface area contributed by atoms with Crippen molar-refractivity contribution in [1.82, 2.24) is 16.0 Å². The average Bonchev–Trinajstić information content (AvgIpc) is 3.06. The molecule has 0 spiro atoms. The molecule has 116 valence electrons. The maximum absolute atomic E-state index is 9.58. The quantitative estimate of drug-likeness (QED) is 0.396. The van der Waals surface area contributed by atoms with E-state index in [4.69, 9.17) is 4.74 Å². The number of hydrogen-bond acceptors (Lipinski definition) is 6. The van der Waals surface area contributed by atoms with Gasteiger partial charge in [0.25, 0.3) is 0 Å². The van der Waals surface area contributed by atoms with Gasteiger partial charge in [0.15, 0.2) is 12.1 Å². The number of epoxide rings is 1. The minimum Gasteiger partial charge on any atom is -0.467 e. The summed E-state index contributed by atoms with van der Waals surface area (Å²) in [6.07, 6.45) is 7.31. The lowest BCUT2D eigenvalue weighted by atomic mass is 10.0. The van der Waals surface area contributed by atoms with Crippen molar-refractivity contribution >= 4 is 11.8 Å². The van der Waals surface area contributed by atoms with Gasteiger partial charge in [-0.3, -0.25) is 16.0 Å². The minimum atomic E-state index is -0.562. The molecule has 0 radical (unpaired) electrons. The number of likely N-dealkylation sites (N-methyl/N-ethyl adjacent to an activating group) is 1. The van der Waals surface area contributed by atoms with E-state index in [1.54, 1.807) is 0 Å². The molecule has 2 rings (SSSR count). The van der Waals surface area contributed by atoms with E-state index in [2.05, 4.69) is 42.1 Å². The van der Waals surface area contributed by atoms with Crippen LogP contribution in [0.15, 0.2) is 11.8 Å². The fourth-order valence-corrected chi connectivity index (χ4v) is 3.76. The topological polar surface area (TPSA) is 68.8 Å². The van der Waals surface area contributed by atoms with Gasteiger partial charge in [-0.05, 0) is 45.1 Å². The fourth-order valence-electron chi connectivity index (χ4n) is 2.75. The minimum absolute atomic E-state index is 0.173. The number of aliphatic hydroxyl groups excluding tert-OH is 1. The molecule has 2 aliphatic rings. The molecule has 5 atom stereocenters. The van der Waals surface area contributed by atoms with Gasteiger partial charge in [0.05, 0.1) is 0 Å². The van der Waals surface area contributed by atoms with Crippen molar-refractivity contribution in [3.05, 3.63) is 11.8 Å². The van der Waals surface area contributed by atoms with Crippen molar-refractivity contribution in [2.45, 2.75) is 63.0 Å². The van der Waals surface area contributed by atoms with Gasteiger partial charge in [-0.2, -0.15) is 11.8 Å². The summed E-state index contributed by atoms with van der Waals surface area (Å²) >= 11 is 1.88. The molecule has 5 nitrogen and oxygen atoms in total. The van der Waals surface area contributed by atoms with E-state index in [1.807, 2.05) is 11.8 Å². The lowest BCUT2D eigenvalue weighted by Gasteiger charge is -2.24. The van der Waals surface area contributed by atoms with Crippen LogP contribution in [0.2, 0.25) is 0 Å². The van der Waals surface area contributed by atoms with Crippen LogP contribution in [0.5, 0.6) is 0 Å². The third kappa shape index (κ3) is 4.36. The number of nitrogens with one attached hydrogen (secondary N) is 3. The van der Waals surface area contributed by atoms with Crippen molar-refractivity contribution < 1.29 is 9.84 Å². The van der Waals surface area contributed by atoms with E-state index in [0.717, 1.165) is 31.6 Å². The summed E-state index contributed by atoms with van der Waals surface area (Å²) in [5.41, 5.74) is 0. The van der Waals surface area contributed by atoms with Crippen molar-refractivity contribution in [3.8, 4) is 0 Å². The zero-order chi connectivity index (χ0) is 14.5. The van der Waals surface area contributed by atoms with Crippen LogP contribution in [0.3, 0.4) is 0 Å². The van der Waals surface area contributed by atoms with Crippen molar-refractivity contribution in [2.75, 3.05) is 12.8 Å². The van der Waals surface area contributed by atoms with E-state index < -0.39 is 6.35 Å². The van der Waals surface area contributed by atoms with Gasteiger partial charge in [0.1, 0.15) is 0 Å². The molecule has 2 aliphatic heterocycles. The van der Waals surface area contributed by atoms with Crippen molar-refractivity contribution in [3.63, 3.8) is 0 Å². The second kappa shape index (κ2) is 7.66. The Balaban J connectivity index is 1.67. The third-order valence-corrected chi connectivity index (χ3v) is 5.03. The molecule has 0 amide bonds. The molecule has 6 heteroatoms. The zero-order valence-electron chi connectivity index (χ0n) is 12.6. The lowest BCUT2D eigenvalue weighted by molar-refractivity contribution is 0.131. The van der Waals surface area contributed by atoms with Crippen LogP contribution in [-0.4, -0.2) is 47.8 Å². The highest BCUT2D eigenvalue weighted by molar-refractivity contribution is 7.99. The Kier molecular flexibility index (Phi) is 6.17. The van der Waals surface area contributed by atoms with Crippen molar-refractivity contribution in [1.29, 1.82) is 0 Å². The van der Waals surface area contributed by atoms with E-state index in [9.17, 15) is 5.11 Å². The maximum Gasteiger partial charge on any atom is 0.207 e. The Labute approximate surface area is 125 Å². The Morgan fingerprint density at radius 2 is 2.30 bits per heavy atom. The summed E-state index contributed by atoms with van der Waals surface area (Å²) in [7, 11) is 0. The number of unbranched alkanes of at least 4 members (excludes halogenated alkanes) is 1. The predicted molar refractivity (Wildman–Crippen MR) is 83.3 cm³/mol. The third-order valence-electron chi connectivity index (χ3n) is 3.90. The number of ether oxygens (including phenoxy) is 1. The predicted octanol–water partition coefficient (Wildman–Crippen LogP) is 0.964. The monoisotopic (exact) mass is 301 g/mol. The molecule has 2 heterocycles. The van der Waals surface area contributed by atoms with Gasteiger partial charge in [-0.1, -0.05) is 6.92 Å². The first-order chi connectivity index (χ1) is 9.65. The second-order valence-corrected chi connectivity index (χ2v) is 6.49. The molecule has 0 aliphatic carbocycles. The summed E-state index contributed by atoms with van der Waals surface area (Å²) in [5, 5.41) is 19.7. The molecule has 1 unspecified atom stereocenters. The van der Waals surface area contributed by atoms with Crippen LogP contribution in [0, 0.1) is 0 Å². The highest BCUT2D eigenvalue weighted by atomic mass is 32.2. The van der Waals surface area contributed by atoms with Gasteiger partial charge in [0, 0.05) is 17.3 Å². The molecule has 0 aromatic carbocycles. The molecular formula is C14H27N3O2S. The van der Waals surface area contributed by atoms with Crippen LogP contribution in [0.1, 0.15) is 33.1 Å². The first-order valence-corrected chi connectivity index (χ1v) is 8.77. The maximum atomic E-state index is 9.58. The molecule has 0 aromatic heterocycles.